The number of nitrogens with zero attached hydrogens (tertiary/aromatic N) is 2. The van der Waals surface area contributed by atoms with Crippen LogP contribution < -0.4 is 4.90 Å². The smallest absolute Gasteiger partial charge is 0.339 e. The van der Waals surface area contributed by atoms with E-state index in [2.05, 4.69) is 16.0 Å². The monoisotopic (exact) mass is 268 g/mol. The van der Waals surface area contributed by atoms with Crippen molar-refractivity contribution >= 4 is 17.3 Å². The van der Waals surface area contributed by atoms with Gasteiger partial charge >= 0.3 is 5.97 Å². The molecule has 0 bridgehead atoms. The Kier molecular flexibility index (Phi) is 2.93. The maximum atomic E-state index is 11.6. The molecule has 20 heavy (non-hydrogen) atoms. The lowest BCUT2D eigenvalue weighted by Crippen LogP contribution is -2.19. The van der Waals surface area contributed by atoms with Crippen molar-refractivity contribution in [3.63, 3.8) is 0 Å². The number of aromatic carboxylic acids is 1. The number of para-hydroxylation sites is 1. The van der Waals surface area contributed by atoms with Crippen LogP contribution >= 0.6 is 0 Å². The maximum absolute atomic E-state index is 11.6. The first kappa shape index (κ1) is 12.7. The highest BCUT2D eigenvalue weighted by molar-refractivity contribution is 5.97. The number of rotatable bonds is 2. The summed E-state index contributed by atoms with van der Waals surface area (Å²) >= 11 is 0. The fourth-order valence-electron chi connectivity index (χ4n) is 2.87. The Bertz CT molecular complexity index is 695. The van der Waals surface area contributed by atoms with Gasteiger partial charge in [0.25, 0.3) is 0 Å². The predicted molar refractivity (Wildman–Crippen MR) is 77.8 cm³/mol. The molecule has 0 fully saturated rings. The second-order valence-corrected chi connectivity index (χ2v) is 5.08. The summed E-state index contributed by atoms with van der Waals surface area (Å²) in [5, 5.41) is 9.48. The predicted octanol–water partition coefficient (Wildman–Crippen LogP) is 3.09. The van der Waals surface area contributed by atoms with Gasteiger partial charge in [-0.25, -0.2) is 4.79 Å². The molecule has 0 unspecified atom stereocenters. The number of hydrogen-bond acceptors (Lipinski definition) is 3. The normalized spacial score (nSPS) is 13.4. The topological polar surface area (TPSA) is 53.4 Å². The molecule has 1 aromatic heterocycles. The van der Waals surface area contributed by atoms with E-state index in [4.69, 9.17) is 0 Å². The number of aryl methyl sites for hydroxylation is 2. The molecule has 102 valence electrons. The molecule has 0 saturated carbocycles. The number of anilines is 2. The molecule has 1 aromatic carbocycles. The van der Waals surface area contributed by atoms with E-state index in [0.717, 1.165) is 30.0 Å². The molecule has 0 spiro atoms. The summed E-state index contributed by atoms with van der Waals surface area (Å²) in [5.41, 5.74) is 4.81. The number of fused-ring (bicyclic) bond motifs is 1. The fourth-order valence-corrected chi connectivity index (χ4v) is 2.87. The van der Waals surface area contributed by atoms with Gasteiger partial charge in [-0.1, -0.05) is 18.2 Å². The van der Waals surface area contributed by atoms with Gasteiger partial charge in [-0.15, -0.1) is 0 Å². The molecule has 1 aliphatic heterocycles. The summed E-state index contributed by atoms with van der Waals surface area (Å²) in [5.74, 6) is -0.922. The van der Waals surface area contributed by atoms with Gasteiger partial charge in [-0.3, -0.25) is 4.98 Å². The summed E-state index contributed by atoms with van der Waals surface area (Å²) in [7, 11) is 0. The van der Waals surface area contributed by atoms with Crippen LogP contribution in [-0.4, -0.2) is 22.6 Å². The standard InChI is InChI=1S/C16H16N2O2/c1-10-9-14(15(16(19)20)11(2)17-10)18-8-7-12-5-3-4-6-13(12)18/h3-6,9H,7-8H2,1-2H3,(H,19,20). The average molecular weight is 268 g/mol. The first-order chi connectivity index (χ1) is 9.58. The van der Waals surface area contributed by atoms with Crippen LogP contribution in [0.1, 0.15) is 27.3 Å². The van der Waals surface area contributed by atoms with E-state index >= 15 is 0 Å². The van der Waals surface area contributed by atoms with E-state index in [-0.39, 0.29) is 0 Å². The summed E-state index contributed by atoms with van der Waals surface area (Å²) in [4.78, 5) is 17.9. The summed E-state index contributed by atoms with van der Waals surface area (Å²) in [6, 6.07) is 10.00. The number of hydrogen-bond donors (Lipinski definition) is 1. The lowest BCUT2D eigenvalue weighted by molar-refractivity contribution is 0.0696. The summed E-state index contributed by atoms with van der Waals surface area (Å²) in [6.07, 6.45) is 0.940. The average Bonchev–Trinajstić information content (AvgIpc) is 2.80. The van der Waals surface area contributed by atoms with Gasteiger partial charge < -0.3 is 10.0 Å². The Morgan fingerprint density at radius 1 is 1.25 bits per heavy atom. The lowest BCUT2D eigenvalue weighted by atomic mass is 10.1. The van der Waals surface area contributed by atoms with Crippen molar-refractivity contribution in [2.24, 2.45) is 0 Å². The molecule has 4 heteroatoms. The first-order valence-corrected chi connectivity index (χ1v) is 6.65. The SMILES string of the molecule is Cc1cc(N2CCc3ccccc32)c(C(=O)O)c(C)n1. The van der Waals surface area contributed by atoms with Crippen LogP contribution in [0.2, 0.25) is 0 Å². The molecule has 3 rings (SSSR count). The van der Waals surface area contributed by atoms with Crippen molar-refractivity contribution in [2.75, 3.05) is 11.4 Å². The lowest BCUT2D eigenvalue weighted by Gasteiger charge is -2.22. The van der Waals surface area contributed by atoms with Crippen molar-refractivity contribution in [3.8, 4) is 0 Å². The number of pyridine rings is 1. The van der Waals surface area contributed by atoms with Gasteiger partial charge in [0.2, 0.25) is 0 Å². The van der Waals surface area contributed by atoms with Gasteiger partial charge in [-0.2, -0.15) is 0 Å². The van der Waals surface area contributed by atoms with Crippen LogP contribution in [0, 0.1) is 13.8 Å². The quantitative estimate of drug-likeness (QED) is 0.909. The molecular formula is C16H16N2O2. The van der Waals surface area contributed by atoms with E-state index in [0.29, 0.717) is 11.3 Å². The minimum Gasteiger partial charge on any atom is -0.478 e. The zero-order chi connectivity index (χ0) is 14.3. The molecule has 1 aliphatic rings. The zero-order valence-corrected chi connectivity index (χ0v) is 11.6. The third-order valence-corrected chi connectivity index (χ3v) is 3.70. The number of benzene rings is 1. The van der Waals surface area contributed by atoms with Gasteiger partial charge in [0.1, 0.15) is 5.56 Å². The van der Waals surface area contributed by atoms with Crippen LogP contribution in [0.4, 0.5) is 11.4 Å². The molecule has 2 aromatic rings. The number of carboxylic acid groups (broad SMARTS) is 1. The molecule has 0 amide bonds. The molecule has 0 radical (unpaired) electrons. The minimum atomic E-state index is -0.922. The van der Waals surface area contributed by atoms with E-state index < -0.39 is 5.97 Å². The molecule has 2 heterocycles. The number of aromatic nitrogens is 1. The van der Waals surface area contributed by atoms with Gasteiger partial charge in [-0.05, 0) is 38.0 Å². The molecule has 0 saturated heterocycles. The Labute approximate surface area is 117 Å². The molecule has 0 atom stereocenters. The first-order valence-electron chi connectivity index (χ1n) is 6.65. The van der Waals surface area contributed by atoms with Crippen molar-refractivity contribution < 1.29 is 9.90 Å². The summed E-state index contributed by atoms with van der Waals surface area (Å²) < 4.78 is 0. The second-order valence-electron chi connectivity index (χ2n) is 5.08. The second kappa shape index (κ2) is 4.63. The van der Waals surface area contributed by atoms with E-state index in [1.807, 2.05) is 31.2 Å². The zero-order valence-electron chi connectivity index (χ0n) is 11.6. The van der Waals surface area contributed by atoms with E-state index in [1.165, 1.54) is 5.56 Å². The van der Waals surface area contributed by atoms with Gasteiger partial charge in [0.15, 0.2) is 0 Å². The van der Waals surface area contributed by atoms with E-state index in [9.17, 15) is 9.90 Å². The van der Waals surface area contributed by atoms with Crippen LogP contribution in [0.3, 0.4) is 0 Å². The Hall–Kier alpha value is -2.36. The van der Waals surface area contributed by atoms with Crippen molar-refractivity contribution in [1.82, 2.24) is 4.98 Å². The highest BCUT2D eigenvalue weighted by Gasteiger charge is 2.25. The van der Waals surface area contributed by atoms with Crippen molar-refractivity contribution in [2.45, 2.75) is 20.3 Å². The van der Waals surface area contributed by atoms with Gasteiger partial charge in [0, 0.05) is 17.9 Å². The molecular weight excluding hydrogens is 252 g/mol. The van der Waals surface area contributed by atoms with Crippen molar-refractivity contribution in [1.29, 1.82) is 0 Å². The molecule has 1 N–H and O–H groups in total. The number of carboxylic acids is 1. The van der Waals surface area contributed by atoms with Crippen LogP contribution in [-0.2, 0) is 6.42 Å². The highest BCUT2D eigenvalue weighted by Crippen LogP contribution is 2.37. The Balaban J connectivity index is 2.19. The molecule has 0 aliphatic carbocycles. The van der Waals surface area contributed by atoms with Crippen LogP contribution in [0.5, 0.6) is 0 Å². The van der Waals surface area contributed by atoms with Crippen LogP contribution in [0.25, 0.3) is 0 Å². The molecule has 4 nitrogen and oxygen atoms in total. The van der Waals surface area contributed by atoms with Crippen LogP contribution in [0.15, 0.2) is 30.3 Å². The summed E-state index contributed by atoms with van der Waals surface area (Å²) in [6.45, 7) is 4.45. The third-order valence-electron chi connectivity index (χ3n) is 3.70. The van der Waals surface area contributed by atoms with E-state index in [1.54, 1.807) is 6.92 Å². The fraction of sp³-hybridized carbons (Fsp3) is 0.250. The Morgan fingerprint density at radius 3 is 2.75 bits per heavy atom. The highest BCUT2D eigenvalue weighted by atomic mass is 16.4. The minimum absolute atomic E-state index is 0.298. The largest absolute Gasteiger partial charge is 0.478 e. The number of carbonyl (C=O) groups is 1. The Morgan fingerprint density at radius 2 is 2.00 bits per heavy atom. The van der Waals surface area contributed by atoms with Crippen molar-refractivity contribution in [3.05, 3.63) is 52.8 Å². The van der Waals surface area contributed by atoms with Gasteiger partial charge in [0.05, 0.1) is 11.4 Å². The maximum Gasteiger partial charge on any atom is 0.339 e. The third kappa shape index (κ3) is 1.93.